The molecule has 1 saturated heterocycles. The zero-order valence-corrected chi connectivity index (χ0v) is 17.5. The summed E-state index contributed by atoms with van der Waals surface area (Å²) in [6.45, 7) is 5.46. The Morgan fingerprint density at radius 3 is 2.68 bits per heavy atom. The summed E-state index contributed by atoms with van der Waals surface area (Å²) in [5.74, 6) is 0. The van der Waals surface area contributed by atoms with Crippen LogP contribution in [0.25, 0.3) is 16.8 Å². The Hall–Kier alpha value is -3.23. The molecule has 0 radical (unpaired) electrons. The number of benzene rings is 2. The number of hydrogen-bond acceptors (Lipinski definition) is 5. The van der Waals surface area contributed by atoms with Gasteiger partial charge in [0.05, 0.1) is 31.8 Å². The fraction of sp³-hybridized carbons (Fsp3) is 0.304. The Balaban J connectivity index is 1.61. The van der Waals surface area contributed by atoms with E-state index in [0.29, 0.717) is 17.6 Å². The van der Waals surface area contributed by atoms with Gasteiger partial charge in [0.15, 0.2) is 0 Å². The van der Waals surface area contributed by atoms with Gasteiger partial charge in [0.2, 0.25) is 0 Å². The van der Waals surface area contributed by atoms with Crippen LogP contribution < -0.4 is 16.3 Å². The number of rotatable bonds is 6. The fourth-order valence-corrected chi connectivity index (χ4v) is 3.79. The van der Waals surface area contributed by atoms with E-state index in [0.717, 1.165) is 37.4 Å². The van der Waals surface area contributed by atoms with Gasteiger partial charge in [-0.2, -0.15) is 5.10 Å². The average Bonchev–Trinajstić information content (AvgIpc) is 3.18. The SMILES string of the molecule is Cc1cc(-c2cccc(-n3cnn(C/C(=C/F)CN)c3=O)c2)ccc1N1CCOCC1. The number of halogens is 1. The lowest BCUT2D eigenvalue weighted by Crippen LogP contribution is -2.36. The Bertz CT molecular complexity index is 1140. The van der Waals surface area contributed by atoms with E-state index in [-0.39, 0.29) is 18.8 Å². The maximum atomic E-state index is 12.8. The Morgan fingerprint density at radius 1 is 1.19 bits per heavy atom. The number of nitrogens with two attached hydrogens (primary N) is 1. The molecule has 2 aromatic carbocycles. The highest BCUT2D eigenvalue weighted by Crippen LogP contribution is 2.28. The summed E-state index contributed by atoms with van der Waals surface area (Å²) in [5, 5.41) is 4.10. The molecule has 31 heavy (non-hydrogen) atoms. The number of ether oxygens (including phenoxy) is 1. The largest absolute Gasteiger partial charge is 0.378 e. The molecular weight excluding hydrogens is 397 g/mol. The van der Waals surface area contributed by atoms with Gasteiger partial charge in [-0.3, -0.25) is 0 Å². The van der Waals surface area contributed by atoms with E-state index < -0.39 is 0 Å². The molecule has 0 unspecified atom stereocenters. The summed E-state index contributed by atoms with van der Waals surface area (Å²) in [5.41, 5.74) is 10.6. The Labute approximate surface area is 180 Å². The van der Waals surface area contributed by atoms with Crippen LogP contribution in [-0.2, 0) is 11.3 Å². The van der Waals surface area contributed by atoms with Crippen molar-refractivity contribution in [3.05, 3.63) is 76.7 Å². The van der Waals surface area contributed by atoms with Crippen LogP contribution in [0.2, 0.25) is 0 Å². The predicted molar refractivity (Wildman–Crippen MR) is 119 cm³/mol. The molecule has 3 aromatic rings. The lowest BCUT2D eigenvalue weighted by molar-refractivity contribution is 0.122. The highest BCUT2D eigenvalue weighted by Gasteiger charge is 2.14. The zero-order chi connectivity index (χ0) is 21.8. The molecule has 2 heterocycles. The first kappa shape index (κ1) is 21.0. The molecule has 2 N–H and O–H groups in total. The van der Waals surface area contributed by atoms with Gasteiger partial charge in [-0.25, -0.2) is 18.4 Å². The highest BCUT2D eigenvalue weighted by atomic mass is 19.1. The Kier molecular flexibility index (Phi) is 6.29. The topological polar surface area (TPSA) is 78.3 Å². The third kappa shape index (κ3) is 4.45. The van der Waals surface area contributed by atoms with Crippen molar-refractivity contribution in [2.24, 2.45) is 5.73 Å². The molecule has 0 atom stereocenters. The van der Waals surface area contributed by atoms with Gasteiger partial charge >= 0.3 is 5.69 Å². The van der Waals surface area contributed by atoms with Crippen molar-refractivity contribution in [2.45, 2.75) is 13.5 Å². The monoisotopic (exact) mass is 423 g/mol. The second-order valence-electron chi connectivity index (χ2n) is 7.56. The van der Waals surface area contributed by atoms with E-state index in [2.05, 4.69) is 35.1 Å². The van der Waals surface area contributed by atoms with Crippen molar-refractivity contribution in [1.82, 2.24) is 14.3 Å². The van der Waals surface area contributed by atoms with Crippen LogP contribution in [0.4, 0.5) is 10.1 Å². The molecule has 8 heteroatoms. The van der Waals surface area contributed by atoms with Gasteiger partial charge in [-0.05, 0) is 53.5 Å². The smallest absolute Gasteiger partial charge is 0.350 e. The number of morpholine rings is 1. The normalized spacial score (nSPS) is 14.8. The number of aromatic nitrogens is 3. The summed E-state index contributed by atoms with van der Waals surface area (Å²) in [6, 6.07) is 14.1. The van der Waals surface area contributed by atoms with Crippen molar-refractivity contribution in [3.63, 3.8) is 0 Å². The summed E-state index contributed by atoms with van der Waals surface area (Å²) in [6.07, 6.45) is 1.87. The predicted octanol–water partition coefficient (Wildman–Crippen LogP) is 2.66. The molecule has 162 valence electrons. The van der Waals surface area contributed by atoms with Crippen molar-refractivity contribution in [3.8, 4) is 16.8 Å². The molecule has 1 aliphatic rings. The number of hydrogen-bond donors (Lipinski definition) is 1. The van der Waals surface area contributed by atoms with Crippen LogP contribution in [0.1, 0.15) is 5.56 Å². The molecule has 0 spiro atoms. The van der Waals surface area contributed by atoms with Gasteiger partial charge in [0, 0.05) is 25.3 Å². The molecule has 1 aliphatic heterocycles. The minimum Gasteiger partial charge on any atom is -0.378 e. The minimum atomic E-state index is -0.344. The van der Waals surface area contributed by atoms with Crippen LogP contribution in [0, 0.1) is 6.92 Å². The quantitative estimate of drug-likeness (QED) is 0.660. The first-order valence-electron chi connectivity index (χ1n) is 10.3. The average molecular weight is 423 g/mol. The van der Waals surface area contributed by atoms with Crippen LogP contribution in [-0.4, -0.2) is 47.2 Å². The molecule has 0 saturated carbocycles. The molecule has 0 bridgehead atoms. The van der Waals surface area contributed by atoms with Gasteiger partial charge in [0.1, 0.15) is 6.33 Å². The van der Waals surface area contributed by atoms with E-state index in [1.54, 1.807) is 0 Å². The maximum absolute atomic E-state index is 12.8. The number of aryl methyl sites for hydroxylation is 1. The van der Waals surface area contributed by atoms with Crippen LogP contribution >= 0.6 is 0 Å². The maximum Gasteiger partial charge on any atom is 0.350 e. The summed E-state index contributed by atoms with van der Waals surface area (Å²) >= 11 is 0. The molecule has 7 nitrogen and oxygen atoms in total. The van der Waals surface area contributed by atoms with E-state index in [1.165, 1.54) is 26.8 Å². The third-order valence-corrected chi connectivity index (χ3v) is 5.51. The zero-order valence-electron chi connectivity index (χ0n) is 17.5. The Morgan fingerprint density at radius 2 is 1.97 bits per heavy atom. The second-order valence-corrected chi connectivity index (χ2v) is 7.56. The lowest BCUT2D eigenvalue weighted by Gasteiger charge is -2.30. The minimum absolute atomic E-state index is 0.0285. The van der Waals surface area contributed by atoms with E-state index in [4.69, 9.17) is 10.5 Å². The summed E-state index contributed by atoms with van der Waals surface area (Å²) < 4.78 is 20.9. The molecule has 1 fully saturated rings. The van der Waals surface area contributed by atoms with Gasteiger partial charge < -0.3 is 15.4 Å². The highest BCUT2D eigenvalue weighted by molar-refractivity contribution is 5.70. The van der Waals surface area contributed by atoms with Crippen molar-refractivity contribution < 1.29 is 9.13 Å². The van der Waals surface area contributed by atoms with Crippen molar-refractivity contribution >= 4 is 5.69 Å². The van der Waals surface area contributed by atoms with Gasteiger partial charge in [0.25, 0.3) is 0 Å². The molecular formula is C23H26FN5O2. The molecule has 4 rings (SSSR count). The van der Waals surface area contributed by atoms with E-state index in [1.807, 2.05) is 24.3 Å². The summed E-state index contributed by atoms with van der Waals surface area (Å²) in [7, 11) is 0. The van der Waals surface area contributed by atoms with Crippen molar-refractivity contribution in [1.29, 1.82) is 0 Å². The first-order chi connectivity index (χ1) is 15.1. The fourth-order valence-electron chi connectivity index (χ4n) is 3.79. The third-order valence-electron chi connectivity index (χ3n) is 5.51. The second kappa shape index (κ2) is 9.28. The molecule has 1 aromatic heterocycles. The standard InChI is InChI=1S/C23H26FN5O2/c1-17-11-20(5-6-22(17)27-7-9-31-10-8-27)19-3-2-4-21(12-19)28-16-26-29(23(28)30)15-18(13-24)14-25/h2-6,11-13,16H,7-10,14-15,25H2,1H3/b18-13+. The van der Waals surface area contributed by atoms with E-state index >= 15 is 0 Å². The number of anilines is 1. The first-order valence-corrected chi connectivity index (χ1v) is 10.3. The van der Waals surface area contributed by atoms with E-state index in [9.17, 15) is 9.18 Å². The molecule has 0 aliphatic carbocycles. The van der Waals surface area contributed by atoms with Crippen molar-refractivity contribution in [2.75, 3.05) is 37.7 Å². The van der Waals surface area contributed by atoms with Crippen LogP contribution in [0.5, 0.6) is 0 Å². The number of nitrogens with zero attached hydrogens (tertiary/aromatic N) is 4. The molecule has 0 amide bonds. The van der Waals surface area contributed by atoms with Crippen LogP contribution in [0.15, 0.2) is 65.5 Å². The van der Waals surface area contributed by atoms with Gasteiger partial charge in [-0.15, -0.1) is 0 Å². The van der Waals surface area contributed by atoms with Crippen LogP contribution in [0.3, 0.4) is 0 Å². The van der Waals surface area contributed by atoms with Gasteiger partial charge in [-0.1, -0.05) is 18.2 Å². The summed E-state index contributed by atoms with van der Waals surface area (Å²) in [4.78, 5) is 15.1. The lowest BCUT2D eigenvalue weighted by atomic mass is 10.0.